The van der Waals surface area contributed by atoms with Crippen LogP contribution in [0.25, 0.3) is 0 Å². The molecule has 0 aromatic rings. The average Bonchev–Trinajstić information content (AvgIpc) is 2.37. The second-order valence-corrected chi connectivity index (χ2v) is 4.30. The Labute approximate surface area is 72.1 Å². The quantitative estimate of drug-likeness (QED) is 0.573. The first kappa shape index (κ1) is 7.18. The van der Waals surface area contributed by atoms with Crippen LogP contribution in [-0.2, 0) is 9.59 Å². The third kappa shape index (κ3) is 0.973. The molecule has 0 saturated heterocycles. The second kappa shape index (κ2) is 2.25. The van der Waals surface area contributed by atoms with Crippen LogP contribution in [0.15, 0.2) is 21.5 Å². The Morgan fingerprint density at radius 2 is 2.00 bits per heavy atom. The number of fused-ring (bicyclic) bond motifs is 1. The number of rotatable bonds is 0. The Balaban J connectivity index is 2.51. The van der Waals surface area contributed by atoms with Crippen molar-refractivity contribution in [3.63, 3.8) is 0 Å². The summed E-state index contributed by atoms with van der Waals surface area (Å²) in [6, 6.07) is 0. The highest BCUT2D eigenvalue weighted by molar-refractivity contribution is 8.24. The van der Waals surface area contributed by atoms with Gasteiger partial charge in [-0.1, -0.05) is 0 Å². The summed E-state index contributed by atoms with van der Waals surface area (Å²) in [7, 11) is 0. The first-order chi connectivity index (χ1) is 5.18. The summed E-state index contributed by atoms with van der Waals surface area (Å²) in [5.41, 5.74) is 0.720. The van der Waals surface area contributed by atoms with Crippen LogP contribution in [0.2, 0.25) is 0 Å². The van der Waals surface area contributed by atoms with Gasteiger partial charge in [0, 0.05) is 21.5 Å². The smallest absolute Gasteiger partial charge is 0.221 e. The van der Waals surface area contributed by atoms with Crippen molar-refractivity contribution >= 4 is 33.8 Å². The standard InChI is InChI=1S/C7H4O2S2/c1-3-6-4(10-7(3)9)2-5(8)11-6/h2H,1H3. The van der Waals surface area contributed by atoms with Crippen molar-refractivity contribution < 1.29 is 9.59 Å². The minimum atomic E-state index is 0.0364. The van der Waals surface area contributed by atoms with Gasteiger partial charge in [-0.25, -0.2) is 0 Å². The van der Waals surface area contributed by atoms with E-state index in [9.17, 15) is 9.59 Å². The first-order valence-electron chi connectivity index (χ1n) is 3.05. The van der Waals surface area contributed by atoms with Gasteiger partial charge in [0.1, 0.15) is 0 Å². The van der Waals surface area contributed by atoms with Gasteiger partial charge >= 0.3 is 0 Å². The summed E-state index contributed by atoms with van der Waals surface area (Å²) in [5.74, 6) is 0. The lowest BCUT2D eigenvalue weighted by molar-refractivity contribution is -0.107. The van der Waals surface area contributed by atoms with E-state index in [1.54, 1.807) is 6.92 Å². The summed E-state index contributed by atoms with van der Waals surface area (Å²) >= 11 is 2.31. The summed E-state index contributed by atoms with van der Waals surface area (Å²) in [6.45, 7) is 1.76. The fourth-order valence-electron chi connectivity index (χ4n) is 0.959. The molecule has 0 radical (unpaired) electrons. The molecular formula is C7H4O2S2. The van der Waals surface area contributed by atoms with Gasteiger partial charge in [-0.15, -0.1) is 0 Å². The van der Waals surface area contributed by atoms with Gasteiger partial charge in [-0.05, 0) is 30.4 Å². The van der Waals surface area contributed by atoms with E-state index < -0.39 is 0 Å². The molecule has 0 aliphatic carbocycles. The predicted molar refractivity (Wildman–Crippen MR) is 46.0 cm³/mol. The number of hydrogen-bond acceptors (Lipinski definition) is 4. The van der Waals surface area contributed by atoms with Crippen LogP contribution < -0.4 is 0 Å². The molecule has 0 spiro atoms. The van der Waals surface area contributed by atoms with E-state index in [0.717, 1.165) is 38.9 Å². The maximum Gasteiger partial charge on any atom is 0.221 e. The topological polar surface area (TPSA) is 34.1 Å². The number of hydrogen-bond donors (Lipinski definition) is 0. The Morgan fingerprint density at radius 1 is 1.27 bits per heavy atom. The highest BCUT2D eigenvalue weighted by Crippen LogP contribution is 2.47. The fourth-order valence-corrected chi connectivity index (χ4v) is 3.00. The molecule has 0 N–H and O–H groups in total. The van der Waals surface area contributed by atoms with Crippen LogP contribution in [0.4, 0.5) is 0 Å². The number of carbonyl (C=O) groups excluding carboxylic acids is 2. The highest BCUT2D eigenvalue weighted by Gasteiger charge is 2.31. The third-order valence-electron chi connectivity index (χ3n) is 1.52. The van der Waals surface area contributed by atoms with Crippen LogP contribution in [0.1, 0.15) is 6.92 Å². The fraction of sp³-hybridized carbons (Fsp3) is 0.143. The van der Waals surface area contributed by atoms with Crippen molar-refractivity contribution in [2.45, 2.75) is 6.92 Å². The minimum Gasteiger partial charge on any atom is -0.282 e. The minimum absolute atomic E-state index is 0.0364. The Kier molecular flexibility index (Phi) is 1.47. The van der Waals surface area contributed by atoms with Crippen molar-refractivity contribution in [1.29, 1.82) is 0 Å². The zero-order valence-electron chi connectivity index (χ0n) is 5.71. The molecule has 0 unspecified atom stereocenters. The number of thioether (sulfide) groups is 2. The molecular weight excluding hydrogens is 180 g/mol. The molecule has 0 amide bonds. The van der Waals surface area contributed by atoms with Gasteiger partial charge in [0.25, 0.3) is 0 Å². The van der Waals surface area contributed by atoms with Gasteiger partial charge in [-0.2, -0.15) is 0 Å². The average molecular weight is 184 g/mol. The molecule has 0 atom stereocenters. The monoisotopic (exact) mass is 184 g/mol. The zero-order chi connectivity index (χ0) is 8.01. The highest BCUT2D eigenvalue weighted by atomic mass is 32.2. The summed E-state index contributed by atoms with van der Waals surface area (Å²) in [5, 5.41) is 0.112. The van der Waals surface area contributed by atoms with Crippen molar-refractivity contribution in [2.75, 3.05) is 0 Å². The van der Waals surface area contributed by atoms with Crippen LogP contribution >= 0.6 is 23.5 Å². The molecule has 11 heavy (non-hydrogen) atoms. The van der Waals surface area contributed by atoms with Gasteiger partial charge in [0.05, 0.1) is 0 Å². The van der Waals surface area contributed by atoms with Crippen molar-refractivity contribution in [3.05, 3.63) is 21.5 Å². The lowest BCUT2D eigenvalue weighted by Crippen LogP contribution is -1.87. The lowest BCUT2D eigenvalue weighted by Gasteiger charge is -1.89. The van der Waals surface area contributed by atoms with Crippen LogP contribution in [0.3, 0.4) is 0 Å². The molecule has 2 heterocycles. The third-order valence-corrected chi connectivity index (χ3v) is 3.74. The lowest BCUT2D eigenvalue weighted by atomic mass is 10.3. The van der Waals surface area contributed by atoms with Crippen LogP contribution in [0.5, 0.6) is 0 Å². The maximum absolute atomic E-state index is 11.0. The molecule has 0 fully saturated rings. The van der Waals surface area contributed by atoms with E-state index in [2.05, 4.69) is 0 Å². The Hall–Kier alpha value is -0.480. The molecule has 0 aromatic carbocycles. The largest absolute Gasteiger partial charge is 0.282 e. The molecule has 2 rings (SSSR count). The molecule has 4 heteroatoms. The normalized spacial score (nSPS) is 22.8. The summed E-state index contributed by atoms with van der Waals surface area (Å²) in [6.07, 6.45) is 1.53. The van der Waals surface area contributed by atoms with E-state index in [1.807, 2.05) is 0 Å². The molecule has 0 saturated carbocycles. The van der Waals surface area contributed by atoms with Gasteiger partial charge in [0.2, 0.25) is 10.2 Å². The van der Waals surface area contributed by atoms with E-state index >= 15 is 0 Å². The first-order valence-corrected chi connectivity index (χ1v) is 4.69. The molecule has 0 aromatic heterocycles. The van der Waals surface area contributed by atoms with Gasteiger partial charge in [0.15, 0.2) is 0 Å². The predicted octanol–water partition coefficient (Wildman–Crippen LogP) is 1.69. The van der Waals surface area contributed by atoms with Crippen molar-refractivity contribution in [1.82, 2.24) is 0 Å². The molecule has 2 nitrogen and oxygen atoms in total. The molecule has 2 aliphatic heterocycles. The second-order valence-electron chi connectivity index (χ2n) is 2.27. The molecule has 0 bridgehead atoms. The summed E-state index contributed by atoms with van der Waals surface area (Å²) in [4.78, 5) is 23.6. The SMILES string of the molecule is CC1=C2SC(=O)C=C2SC1=O. The van der Waals surface area contributed by atoms with E-state index in [1.165, 1.54) is 6.08 Å². The molecule has 56 valence electrons. The van der Waals surface area contributed by atoms with Crippen molar-refractivity contribution in [3.8, 4) is 0 Å². The van der Waals surface area contributed by atoms with Crippen LogP contribution in [0, 0.1) is 0 Å². The molecule has 2 aliphatic rings. The summed E-state index contributed by atoms with van der Waals surface area (Å²) < 4.78 is 0. The van der Waals surface area contributed by atoms with E-state index in [0.29, 0.717) is 0 Å². The van der Waals surface area contributed by atoms with E-state index in [4.69, 9.17) is 0 Å². The van der Waals surface area contributed by atoms with Crippen LogP contribution in [-0.4, -0.2) is 10.2 Å². The Bertz CT molecular complexity index is 325. The zero-order valence-corrected chi connectivity index (χ0v) is 7.34. The number of carbonyl (C=O) groups is 2. The van der Waals surface area contributed by atoms with Crippen molar-refractivity contribution in [2.24, 2.45) is 0 Å². The maximum atomic E-state index is 11.0. The van der Waals surface area contributed by atoms with Gasteiger partial charge < -0.3 is 0 Å². The Morgan fingerprint density at radius 3 is 2.64 bits per heavy atom. The van der Waals surface area contributed by atoms with E-state index in [-0.39, 0.29) is 10.2 Å². The van der Waals surface area contributed by atoms with Gasteiger partial charge in [-0.3, -0.25) is 9.59 Å².